The Morgan fingerprint density at radius 3 is 2.81 bits per heavy atom. The third-order valence-electron chi connectivity index (χ3n) is 6.23. The van der Waals surface area contributed by atoms with Gasteiger partial charge in [0.15, 0.2) is 0 Å². The number of piperidine rings is 1. The number of aromatic nitrogens is 3. The van der Waals surface area contributed by atoms with E-state index in [0.29, 0.717) is 42.6 Å². The van der Waals surface area contributed by atoms with Gasteiger partial charge < -0.3 is 20.1 Å². The summed E-state index contributed by atoms with van der Waals surface area (Å²) in [6.45, 7) is 3.42. The van der Waals surface area contributed by atoms with Crippen LogP contribution < -0.4 is 15.0 Å². The van der Waals surface area contributed by atoms with Crippen LogP contribution in [0.3, 0.4) is 0 Å². The number of pyridine rings is 3. The molecule has 36 heavy (non-hydrogen) atoms. The molecule has 0 radical (unpaired) electrons. The number of aliphatic hydroxyl groups is 1. The van der Waals surface area contributed by atoms with Gasteiger partial charge in [-0.1, -0.05) is 23.7 Å². The predicted molar refractivity (Wildman–Crippen MR) is 139 cm³/mol. The van der Waals surface area contributed by atoms with Crippen molar-refractivity contribution in [1.82, 2.24) is 20.3 Å². The van der Waals surface area contributed by atoms with Crippen molar-refractivity contribution in [3.8, 4) is 17.1 Å². The summed E-state index contributed by atoms with van der Waals surface area (Å²) < 4.78 is 5.63. The Morgan fingerprint density at radius 1 is 1.19 bits per heavy atom. The number of anilines is 1. The van der Waals surface area contributed by atoms with E-state index in [0.717, 1.165) is 28.0 Å². The number of nitrogens with zero attached hydrogens (tertiary/aromatic N) is 4. The zero-order valence-electron chi connectivity index (χ0n) is 19.8. The fourth-order valence-corrected chi connectivity index (χ4v) is 4.63. The SMILES string of the molecule is CCOc1cc2ncccc2c(-c2ccc(N3CC[C@H](NC(=O)c4ccccc4Cl)[C@@H](O)C3)nc2)n1. The van der Waals surface area contributed by atoms with E-state index in [1.807, 2.05) is 42.2 Å². The number of benzene rings is 1. The van der Waals surface area contributed by atoms with Gasteiger partial charge in [-0.05, 0) is 49.7 Å². The highest BCUT2D eigenvalue weighted by molar-refractivity contribution is 6.33. The first kappa shape index (κ1) is 24.0. The van der Waals surface area contributed by atoms with Crippen LogP contribution in [0.25, 0.3) is 22.2 Å². The van der Waals surface area contributed by atoms with Gasteiger partial charge in [0.25, 0.3) is 5.91 Å². The summed E-state index contributed by atoms with van der Waals surface area (Å²) in [5, 5.41) is 15.0. The molecule has 1 saturated heterocycles. The number of fused-ring (bicyclic) bond motifs is 1. The molecule has 1 aliphatic heterocycles. The molecule has 0 unspecified atom stereocenters. The predicted octanol–water partition coefficient (Wildman–Crippen LogP) is 4.11. The van der Waals surface area contributed by atoms with E-state index < -0.39 is 6.10 Å². The number of carbonyl (C=O) groups excluding carboxylic acids is 1. The lowest BCUT2D eigenvalue weighted by molar-refractivity contribution is 0.0798. The van der Waals surface area contributed by atoms with Gasteiger partial charge >= 0.3 is 0 Å². The molecule has 1 aromatic carbocycles. The van der Waals surface area contributed by atoms with Gasteiger partial charge in [-0.25, -0.2) is 9.97 Å². The second kappa shape index (κ2) is 10.5. The van der Waals surface area contributed by atoms with Gasteiger partial charge in [0, 0.05) is 42.5 Å². The molecule has 1 fully saturated rings. The number of ether oxygens (including phenoxy) is 1. The summed E-state index contributed by atoms with van der Waals surface area (Å²) in [5.74, 6) is 0.980. The lowest BCUT2D eigenvalue weighted by Crippen LogP contribution is -2.54. The maximum absolute atomic E-state index is 12.6. The average molecular weight is 504 g/mol. The molecule has 4 heterocycles. The first-order valence-electron chi connectivity index (χ1n) is 11.9. The number of halogens is 1. The normalized spacial score (nSPS) is 17.7. The van der Waals surface area contributed by atoms with E-state index >= 15 is 0 Å². The molecular weight excluding hydrogens is 478 g/mol. The Hall–Kier alpha value is -3.75. The molecule has 2 N–H and O–H groups in total. The summed E-state index contributed by atoms with van der Waals surface area (Å²) >= 11 is 6.14. The van der Waals surface area contributed by atoms with Crippen molar-refractivity contribution in [1.29, 1.82) is 0 Å². The topological polar surface area (TPSA) is 100 Å². The molecule has 0 bridgehead atoms. The van der Waals surface area contributed by atoms with Crippen molar-refractivity contribution in [2.45, 2.75) is 25.5 Å². The van der Waals surface area contributed by atoms with Crippen LogP contribution in [0.1, 0.15) is 23.7 Å². The number of nitrogens with one attached hydrogen (secondary N) is 1. The number of aliphatic hydroxyl groups excluding tert-OH is 1. The van der Waals surface area contributed by atoms with Crippen LogP contribution in [0.15, 0.2) is 67.0 Å². The number of carbonyl (C=O) groups is 1. The highest BCUT2D eigenvalue weighted by atomic mass is 35.5. The smallest absolute Gasteiger partial charge is 0.253 e. The molecule has 0 aliphatic carbocycles. The molecular formula is C27H26ClN5O3. The van der Waals surface area contributed by atoms with Crippen LogP contribution in [-0.2, 0) is 0 Å². The van der Waals surface area contributed by atoms with E-state index in [1.165, 1.54) is 0 Å². The van der Waals surface area contributed by atoms with Crippen LogP contribution >= 0.6 is 11.6 Å². The lowest BCUT2D eigenvalue weighted by Gasteiger charge is -2.37. The van der Waals surface area contributed by atoms with Crippen LogP contribution in [-0.4, -0.2) is 57.8 Å². The van der Waals surface area contributed by atoms with Crippen molar-refractivity contribution >= 4 is 34.2 Å². The Morgan fingerprint density at radius 2 is 2.06 bits per heavy atom. The maximum Gasteiger partial charge on any atom is 0.253 e. The van der Waals surface area contributed by atoms with Crippen molar-refractivity contribution in [2.24, 2.45) is 0 Å². The summed E-state index contributed by atoms with van der Waals surface area (Å²) in [7, 11) is 0. The molecule has 3 aromatic heterocycles. The summed E-state index contributed by atoms with van der Waals surface area (Å²) in [6.07, 6.45) is 3.35. The summed E-state index contributed by atoms with van der Waals surface area (Å²) in [6, 6.07) is 16.1. The molecule has 8 nitrogen and oxygen atoms in total. The monoisotopic (exact) mass is 503 g/mol. The lowest BCUT2D eigenvalue weighted by atomic mass is 10.0. The molecule has 1 aliphatic rings. The molecule has 1 amide bonds. The Balaban J connectivity index is 1.30. The Bertz CT molecular complexity index is 1380. The van der Waals surface area contributed by atoms with Gasteiger partial charge in [-0.15, -0.1) is 0 Å². The molecule has 4 aromatic rings. The minimum absolute atomic E-state index is 0.288. The highest BCUT2D eigenvalue weighted by Crippen LogP contribution is 2.30. The Kier molecular flexibility index (Phi) is 6.97. The van der Waals surface area contributed by atoms with Gasteiger partial charge in [-0.2, -0.15) is 0 Å². The molecule has 5 rings (SSSR count). The van der Waals surface area contributed by atoms with E-state index in [9.17, 15) is 9.90 Å². The van der Waals surface area contributed by atoms with Gasteiger partial charge in [-0.3, -0.25) is 9.78 Å². The van der Waals surface area contributed by atoms with E-state index in [4.69, 9.17) is 16.3 Å². The van der Waals surface area contributed by atoms with Crippen LogP contribution in [0, 0.1) is 0 Å². The van der Waals surface area contributed by atoms with E-state index in [-0.39, 0.29) is 11.9 Å². The van der Waals surface area contributed by atoms with E-state index in [1.54, 1.807) is 36.7 Å². The molecule has 0 saturated carbocycles. The summed E-state index contributed by atoms with van der Waals surface area (Å²) in [5.41, 5.74) is 2.81. The quantitative estimate of drug-likeness (QED) is 0.408. The van der Waals surface area contributed by atoms with Gasteiger partial charge in [0.05, 0.1) is 40.5 Å². The number of rotatable bonds is 6. The van der Waals surface area contributed by atoms with Crippen molar-refractivity contribution < 1.29 is 14.6 Å². The largest absolute Gasteiger partial charge is 0.478 e. The fourth-order valence-electron chi connectivity index (χ4n) is 4.41. The third kappa shape index (κ3) is 4.96. The third-order valence-corrected chi connectivity index (χ3v) is 6.56. The fraction of sp³-hybridized carbons (Fsp3) is 0.259. The van der Waals surface area contributed by atoms with Crippen LogP contribution in [0.5, 0.6) is 5.88 Å². The minimum Gasteiger partial charge on any atom is -0.478 e. The molecule has 9 heteroatoms. The molecule has 2 atom stereocenters. The first-order chi connectivity index (χ1) is 17.5. The zero-order valence-corrected chi connectivity index (χ0v) is 20.5. The summed E-state index contributed by atoms with van der Waals surface area (Å²) in [4.78, 5) is 28.4. The Labute approximate surface area is 213 Å². The highest BCUT2D eigenvalue weighted by Gasteiger charge is 2.30. The van der Waals surface area contributed by atoms with Gasteiger partial charge in [0.2, 0.25) is 5.88 Å². The number of hydrogen-bond donors (Lipinski definition) is 2. The number of amides is 1. The standard InChI is InChI=1S/C27H26ClN5O3/c1-2-36-25-14-22-19(7-5-12-29-22)26(32-25)17-9-10-24(30-15-17)33-13-11-21(23(34)16-33)31-27(35)18-6-3-4-8-20(18)28/h3-10,12,14-15,21,23,34H,2,11,13,16H2,1H3,(H,31,35)/t21-,23-/m0/s1. The van der Waals surface area contributed by atoms with E-state index in [2.05, 4.69) is 20.3 Å². The van der Waals surface area contributed by atoms with Crippen LogP contribution in [0.4, 0.5) is 5.82 Å². The second-order valence-corrected chi connectivity index (χ2v) is 8.99. The zero-order chi connectivity index (χ0) is 25.1. The maximum atomic E-state index is 12.6. The first-order valence-corrected chi connectivity index (χ1v) is 12.2. The number of hydrogen-bond acceptors (Lipinski definition) is 7. The van der Waals surface area contributed by atoms with Crippen molar-refractivity contribution in [3.63, 3.8) is 0 Å². The van der Waals surface area contributed by atoms with Crippen molar-refractivity contribution in [3.05, 3.63) is 77.6 Å². The molecule has 0 spiro atoms. The second-order valence-electron chi connectivity index (χ2n) is 8.58. The number of β-amino-alcohol motifs (C(OH)–C–C–N with tert-alkyl or cyclic N) is 1. The molecule has 184 valence electrons. The van der Waals surface area contributed by atoms with Crippen molar-refractivity contribution in [2.75, 3.05) is 24.6 Å². The van der Waals surface area contributed by atoms with Gasteiger partial charge in [0.1, 0.15) is 5.82 Å². The minimum atomic E-state index is -0.744. The average Bonchev–Trinajstić information content (AvgIpc) is 2.90. The van der Waals surface area contributed by atoms with Crippen LogP contribution in [0.2, 0.25) is 5.02 Å².